The third kappa shape index (κ3) is 9.37. The van der Waals surface area contributed by atoms with E-state index in [1.54, 1.807) is 6.07 Å². The quantitative estimate of drug-likeness (QED) is 0.157. The van der Waals surface area contributed by atoms with E-state index in [1.807, 2.05) is 45.0 Å². The number of ether oxygens (including phenoxy) is 2. The molecule has 0 unspecified atom stereocenters. The highest BCUT2D eigenvalue weighted by atomic mass is 32.2. The minimum absolute atomic E-state index is 0.0975. The first-order valence-electron chi connectivity index (χ1n) is 11.8. The molecule has 0 spiro atoms. The van der Waals surface area contributed by atoms with E-state index in [0.717, 1.165) is 0 Å². The van der Waals surface area contributed by atoms with Crippen LogP contribution in [0.3, 0.4) is 0 Å². The fourth-order valence-electron chi connectivity index (χ4n) is 3.29. The molecule has 0 saturated heterocycles. The van der Waals surface area contributed by atoms with Crippen LogP contribution in [0.5, 0.6) is 5.75 Å². The van der Waals surface area contributed by atoms with E-state index in [1.165, 1.54) is 39.0 Å². The molecule has 0 N–H and O–H groups in total. The van der Waals surface area contributed by atoms with Crippen molar-refractivity contribution in [3.8, 4) is 5.75 Å². The van der Waals surface area contributed by atoms with Crippen molar-refractivity contribution in [3.05, 3.63) is 115 Å². The van der Waals surface area contributed by atoms with Gasteiger partial charge < -0.3 is 14.0 Å². The highest BCUT2D eigenvalue weighted by molar-refractivity contribution is 7.97. The third-order valence-corrected chi connectivity index (χ3v) is 7.91. The van der Waals surface area contributed by atoms with E-state index in [0.29, 0.717) is 5.75 Å². The maximum atomic E-state index is 11.8. The van der Waals surface area contributed by atoms with E-state index < -0.39 is 15.7 Å². The molecule has 8 heteroatoms. The summed E-state index contributed by atoms with van der Waals surface area (Å²) in [5.74, 6) is 0.282. The van der Waals surface area contributed by atoms with Crippen LogP contribution in [0.25, 0.3) is 0 Å². The van der Waals surface area contributed by atoms with Gasteiger partial charge in [-0.1, -0.05) is 54.6 Å². The molecule has 0 aliphatic rings. The Balaban J connectivity index is 0.000000336. The average molecular weight is 551 g/mol. The molecule has 4 aromatic carbocycles. The van der Waals surface area contributed by atoms with Crippen LogP contribution in [-0.2, 0) is 30.5 Å². The number of hydrogen-bond acceptors (Lipinski definition) is 6. The Labute approximate surface area is 227 Å². The molecular formula is C30H30O6S2. The molecule has 38 heavy (non-hydrogen) atoms. The van der Waals surface area contributed by atoms with Gasteiger partial charge in [-0.2, -0.15) is 0 Å². The molecule has 0 saturated carbocycles. The van der Waals surface area contributed by atoms with Gasteiger partial charge in [0.25, 0.3) is 0 Å². The molecular weight excluding hydrogens is 520 g/mol. The van der Waals surface area contributed by atoms with Gasteiger partial charge in [0, 0.05) is 0 Å². The van der Waals surface area contributed by atoms with Crippen LogP contribution in [0, 0.1) is 0 Å². The summed E-state index contributed by atoms with van der Waals surface area (Å²) in [7, 11) is -4.45. The molecule has 4 rings (SSSR count). The van der Waals surface area contributed by atoms with Crippen LogP contribution in [0.15, 0.2) is 135 Å². The minimum atomic E-state index is -4.25. The van der Waals surface area contributed by atoms with Gasteiger partial charge in [0.05, 0.1) is 15.8 Å². The van der Waals surface area contributed by atoms with Gasteiger partial charge in [0.2, 0.25) is 0 Å². The predicted octanol–water partition coefficient (Wildman–Crippen LogP) is 6.09. The molecule has 0 aliphatic heterocycles. The number of rotatable bonds is 7. The van der Waals surface area contributed by atoms with Crippen molar-refractivity contribution >= 4 is 27.0 Å². The summed E-state index contributed by atoms with van der Waals surface area (Å²) in [6.45, 7) is 5.43. The van der Waals surface area contributed by atoms with Crippen LogP contribution < -0.4 is 4.74 Å². The summed E-state index contributed by atoms with van der Waals surface area (Å²) < 4.78 is 41.7. The summed E-state index contributed by atoms with van der Waals surface area (Å²) in [4.78, 5) is 15.4. The number of carbonyl (C=O) groups is 1. The molecule has 4 aromatic rings. The van der Waals surface area contributed by atoms with Crippen molar-refractivity contribution in [1.29, 1.82) is 0 Å². The summed E-state index contributed by atoms with van der Waals surface area (Å²) >= 11 is 0. The Morgan fingerprint density at radius 1 is 0.711 bits per heavy atom. The molecule has 0 heterocycles. The SMILES string of the molecule is CC(C)(C)OC(=O)COc1ccc([S+](c2ccccc2)c2ccccc2)cc1.O=S(=O)([O-])c1ccccc1. The fourth-order valence-corrected chi connectivity index (χ4v) is 5.87. The molecule has 0 aromatic heterocycles. The van der Waals surface area contributed by atoms with Crippen LogP contribution >= 0.6 is 0 Å². The summed E-state index contributed by atoms with van der Waals surface area (Å²) in [6, 6.07) is 36.1. The largest absolute Gasteiger partial charge is 0.744 e. The van der Waals surface area contributed by atoms with Gasteiger partial charge in [0.1, 0.15) is 21.5 Å². The lowest BCUT2D eigenvalue weighted by Crippen LogP contribution is -2.27. The Morgan fingerprint density at radius 2 is 1.13 bits per heavy atom. The fraction of sp³-hybridized carbons (Fsp3) is 0.167. The molecule has 0 radical (unpaired) electrons. The average Bonchev–Trinajstić information content (AvgIpc) is 2.89. The highest BCUT2D eigenvalue weighted by Gasteiger charge is 2.28. The van der Waals surface area contributed by atoms with Crippen LogP contribution in [0.2, 0.25) is 0 Å². The standard InChI is InChI=1S/C24H25O3S.C6H6O3S/c1-24(2,3)27-23(25)18-26-19-14-16-22(17-15-19)28(20-10-6-4-7-11-20)21-12-8-5-9-13-21;7-10(8,9)6-4-2-1-3-5-6/h4-17H,18H2,1-3H3;1-5H,(H,7,8,9)/q+1;/p-1. The Hall–Kier alpha value is -3.59. The van der Waals surface area contributed by atoms with Crippen LogP contribution in [-0.4, -0.2) is 31.1 Å². The van der Waals surface area contributed by atoms with Gasteiger partial charge in [-0.15, -0.1) is 0 Å². The van der Waals surface area contributed by atoms with Gasteiger partial charge in [-0.25, -0.2) is 13.2 Å². The van der Waals surface area contributed by atoms with Crippen molar-refractivity contribution in [1.82, 2.24) is 0 Å². The molecule has 0 amide bonds. The second-order valence-corrected chi connectivity index (χ2v) is 12.5. The maximum Gasteiger partial charge on any atom is 0.344 e. The molecule has 198 valence electrons. The minimum Gasteiger partial charge on any atom is -0.744 e. The van der Waals surface area contributed by atoms with Crippen molar-refractivity contribution < 1.29 is 27.2 Å². The second kappa shape index (κ2) is 13.3. The Morgan fingerprint density at radius 3 is 1.53 bits per heavy atom. The Bertz CT molecular complexity index is 1340. The lowest BCUT2D eigenvalue weighted by Gasteiger charge is -2.19. The number of benzene rings is 4. The van der Waals surface area contributed by atoms with Gasteiger partial charge in [-0.3, -0.25) is 0 Å². The summed E-state index contributed by atoms with van der Waals surface area (Å²) in [5.41, 5.74) is -0.510. The van der Waals surface area contributed by atoms with Crippen molar-refractivity contribution in [3.63, 3.8) is 0 Å². The van der Waals surface area contributed by atoms with E-state index in [2.05, 4.69) is 60.7 Å². The van der Waals surface area contributed by atoms with Crippen molar-refractivity contribution in [2.75, 3.05) is 6.61 Å². The first-order valence-corrected chi connectivity index (χ1v) is 14.5. The number of hydrogen-bond donors (Lipinski definition) is 0. The molecule has 0 aliphatic carbocycles. The monoisotopic (exact) mass is 550 g/mol. The van der Waals surface area contributed by atoms with Gasteiger partial charge >= 0.3 is 5.97 Å². The molecule has 6 nitrogen and oxygen atoms in total. The smallest absolute Gasteiger partial charge is 0.344 e. The van der Waals surface area contributed by atoms with Crippen LogP contribution in [0.4, 0.5) is 0 Å². The maximum absolute atomic E-state index is 11.8. The summed E-state index contributed by atoms with van der Waals surface area (Å²) in [5, 5.41) is 0. The zero-order chi connectivity index (χ0) is 27.6. The van der Waals surface area contributed by atoms with Crippen molar-refractivity contribution in [2.24, 2.45) is 0 Å². The normalized spacial score (nSPS) is 11.3. The second-order valence-electron chi connectivity index (χ2n) is 9.05. The summed E-state index contributed by atoms with van der Waals surface area (Å²) in [6.07, 6.45) is 0. The van der Waals surface area contributed by atoms with E-state index in [9.17, 15) is 17.8 Å². The zero-order valence-electron chi connectivity index (χ0n) is 21.4. The van der Waals surface area contributed by atoms with E-state index >= 15 is 0 Å². The predicted molar refractivity (Wildman–Crippen MR) is 147 cm³/mol. The molecule has 0 bridgehead atoms. The molecule has 0 atom stereocenters. The van der Waals surface area contributed by atoms with E-state index in [4.69, 9.17) is 9.47 Å². The van der Waals surface area contributed by atoms with Gasteiger partial charge in [-0.05, 0) is 81.4 Å². The zero-order valence-corrected chi connectivity index (χ0v) is 23.1. The van der Waals surface area contributed by atoms with Crippen LogP contribution in [0.1, 0.15) is 20.8 Å². The van der Waals surface area contributed by atoms with Gasteiger partial charge in [0.15, 0.2) is 21.3 Å². The first kappa shape index (κ1) is 29.0. The topological polar surface area (TPSA) is 92.7 Å². The molecule has 0 fully saturated rings. The lowest BCUT2D eigenvalue weighted by molar-refractivity contribution is -0.157. The number of carbonyl (C=O) groups excluding carboxylic acids is 1. The van der Waals surface area contributed by atoms with E-state index in [-0.39, 0.29) is 28.4 Å². The lowest BCUT2D eigenvalue weighted by atomic mass is 10.2. The first-order chi connectivity index (χ1) is 18.0. The number of esters is 1. The highest BCUT2D eigenvalue weighted by Crippen LogP contribution is 2.31. The third-order valence-electron chi connectivity index (χ3n) is 4.83. The van der Waals surface area contributed by atoms with Crippen molar-refractivity contribution in [2.45, 2.75) is 46.0 Å². The Kier molecular flexibility index (Phi) is 10.1.